The molecule has 0 saturated heterocycles. The number of carbonyl (C=O) groups is 4. The molecule has 0 spiro atoms. The fraction of sp³-hybridized carbons (Fsp3) is 0.643. The van der Waals surface area contributed by atoms with E-state index >= 15 is 0 Å². The molecule has 2 N–H and O–H groups in total. The molecule has 1 aromatic carbocycles. The second-order valence-electron chi connectivity index (χ2n) is 9.41. The summed E-state index contributed by atoms with van der Waals surface area (Å²) in [6.45, 7) is 10.8. The SMILES string of the molecule is CCCC(=O)OC[C@H](C)OC(=O)[C@@H](N)Cc1ccc(OC(=O)OC(C)CCC)c(OC(=O)OC(C)CCC)c1. The smallest absolute Gasteiger partial charge is 0.462 e. The standard InChI is InChI=1S/C28H43NO10/c1-7-10-18(4)36-27(32)38-23-14-13-21(16-24(23)39-28(33)37-19(5)11-8-2)15-22(29)26(31)35-20(6)17-34-25(30)12-9-3/h13-14,16,18-20,22H,7-12,15,17,29H2,1-6H3/t18?,19?,20-,22-/m0/s1. The Labute approximate surface area is 230 Å². The van der Waals surface area contributed by atoms with Gasteiger partial charge in [-0.15, -0.1) is 0 Å². The summed E-state index contributed by atoms with van der Waals surface area (Å²) in [6.07, 6.45) is 0.577. The Morgan fingerprint density at radius 2 is 1.33 bits per heavy atom. The van der Waals surface area contributed by atoms with Crippen LogP contribution in [0, 0.1) is 0 Å². The van der Waals surface area contributed by atoms with Gasteiger partial charge in [0.2, 0.25) is 0 Å². The van der Waals surface area contributed by atoms with Gasteiger partial charge in [0, 0.05) is 6.42 Å². The Morgan fingerprint density at radius 3 is 1.87 bits per heavy atom. The molecule has 2 unspecified atom stereocenters. The maximum atomic E-state index is 12.5. The van der Waals surface area contributed by atoms with Gasteiger partial charge in [-0.05, 0) is 64.2 Å². The van der Waals surface area contributed by atoms with E-state index in [-0.39, 0.29) is 49.1 Å². The lowest BCUT2D eigenvalue weighted by atomic mass is 10.1. The van der Waals surface area contributed by atoms with Crippen LogP contribution in [-0.4, -0.2) is 55.2 Å². The van der Waals surface area contributed by atoms with Crippen molar-refractivity contribution < 1.29 is 47.6 Å². The third-order valence-electron chi connectivity index (χ3n) is 5.39. The minimum absolute atomic E-state index is 0.0249. The van der Waals surface area contributed by atoms with E-state index in [0.29, 0.717) is 24.8 Å². The van der Waals surface area contributed by atoms with Crippen LogP contribution in [0.4, 0.5) is 9.59 Å². The summed E-state index contributed by atoms with van der Waals surface area (Å²) in [5.41, 5.74) is 6.54. The van der Waals surface area contributed by atoms with Crippen LogP contribution in [0.25, 0.3) is 0 Å². The summed E-state index contributed by atoms with van der Waals surface area (Å²) in [7, 11) is 0. The molecule has 0 heterocycles. The van der Waals surface area contributed by atoms with Crippen molar-refractivity contribution in [3.05, 3.63) is 23.8 Å². The summed E-state index contributed by atoms with van der Waals surface area (Å²) >= 11 is 0. The number of nitrogens with two attached hydrogens (primary N) is 1. The van der Waals surface area contributed by atoms with Gasteiger partial charge in [-0.2, -0.15) is 0 Å². The number of carbonyl (C=O) groups excluding carboxylic acids is 4. The van der Waals surface area contributed by atoms with Crippen molar-refractivity contribution >= 4 is 24.2 Å². The highest BCUT2D eigenvalue weighted by molar-refractivity contribution is 5.76. The molecule has 0 fully saturated rings. The molecule has 0 bridgehead atoms. The minimum atomic E-state index is -1.06. The molecular formula is C28H43NO10. The molecule has 0 aliphatic rings. The van der Waals surface area contributed by atoms with Crippen LogP contribution in [0.2, 0.25) is 0 Å². The largest absolute Gasteiger partial charge is 0.514 e. The molecule has 4 atom stereocenters. The lowest BCUT2D eigenvalue weighted by molar-refractivity contribution is -0.159. The van der Waals surface area contributed by atoms with E-state index in [1.54, 1.807) is 26.8 Å². The summed E-state index contributed by atoms with van der Waals surface area (Å²) in [5, 5.41) is 0. The number of hydrogen-bond donors (Lipinski definition) is 1. The van der Waals surface area contributed by atoms with Gasteiger partial charge in [-0.25, -0.2) is 9.59 Å². The third-order valence-corrected chi connectivity index (χ3v) is 5.39. The quantitative estimate of drug-likeness (QED) is 0.163. The van der Waals surface area contributed by atoms with Gasteiger partial charge < -0.3 is 34.2 Å². The van der Waals surface area contributed by atoms with E-state index < -0.39 is 30.4 Å². The van der Waals surface area contributed by atoms with Gasteiger partial charge >= 0.3 is 24.2 Å². The molecule has 0 amide bonds. The maximum absolute atomic E-state index is 12.5. The molecule has 220 valence electrons. The lowest BCUT2D eigenvalue weighted by Crippen LogP contribution is -2.37. The first-order chi connectivity index (χ1) is 18.5. The van der Waals surface area contributed by atoms with Crippen molar-refractivity contribution in [3.8, 4) is 11.5 Å². The zero-order chi connectivity index (χ0) is 29.4. The zero-order valence-electron chi connectivity index (χ0n) is 23.9. The van der Waals surface area contributed by atoms with Crippen LogP contribution < -0.4 is 15.2 Å². The second kappa shape index (κ2) is 18.0. The van der Waals surface area contributed by atoms with Crippen molar-refractivity contribution in [1.82, 2.24) is 0 Å². The molecule has 0 radical (unpaired) electrons. The Kier molecular flexibility index (Phi) is 15.6. The molecule has 0 saturated carbocycles. The molecule has 39 heavy (non-hydrogen) atoms. The van der Waals surface area contributed by atoms with E-state index in [4.69, 9.17) is 34.2 Å². The average Bonchev–Trinajstić information content (AvgIpc) is 2.84. The molecule has 11 heteroatoms. The Balaban J connectivity index is 2.94. The monoisotopic (exact) mass is 553 g/mol. The zero-order valence-corrected chi connectivity index (χ0v) is 23.9. The molecule has 0 aliphatic heterocycles. The molecule has 1 aromatic rings. The van der Waals surface area contributed by atoms with Gasteiger partial charge in [-0.1, -0.05) is 39.7 Å². The average molecular weight is 554 g/mol. The van der Waals surface area contributed by atoms with Gasteiger partial charge in [0.1, 0.15) is 31.0 Å². The van der Waals surface area contributed by atoms with E-state index in [0.717, 1.165) is 12.8 Å². The predicted molar refractivity (Wildman–Crippen MR) is 143 cm³/mol. The molecule has 0 aromatic heterocycles. The molecule has 0 aliphatic carbocycles. The topological polar surface area (TPSA) is 150 Å². The number of benzene rings is 1. The normalized spacial score (nSPS) is 13.8. The van der Waals surface area contributed by atoms with Gasteiger partial charge in [0.15, 0.2) is 11.5 Å². The van der Waals surface area contributed by atoms with Crippen LogP contribution in [0.15, 0.2) is 18.2 Å². The maximum Gasteiger partial charge on any atom is 0.514 e. The van der Waals surface area contributed by atoms with Crippen LogP contribution >= 0.6 is 0 Å². The summed E-state index contributed by atoms with van der Waals surface area (Å²) < 4.78 is 31.4. The van der Waals surface area contributed by atoms with Crippen molar-refractivity contribution in [2.24, 2.45) is 5.73 Å². The summed E-state index contributed by atoms with van der Waals surface area (Å²) in [4.78, 5) is 48.6. The molecule has 11 nitrogen and oxygen atoms in total. The highest BCUT2D eigenvalue weighted by Crippen LogP contribution is 2.30. The molecular weight excluding hydrogens is 510 g/mol. The highest BCUT2D eigenvalue weighted by atomic mass is 16.7. The molecule has 1 rings (SSSR count). The van der Waals surface area contributed by atoms with Gasteiger partial charge in [0.05, 0.1) is 0 Å². The highest BCUT2D eigenvalue weighted by Gasteiger charge is 2.23. The summed E-state index contributed by atoms with van der Waals surface area (Å²) in [6, 6.07) is 3.34. The van der Waals surface area contributed by atoms with E-state index in [9.17, 15) is 19.2 Å². The number of hydrogen-bond acceptors (Lipinski definition) is 11. The van der Waals surface area contributed by atoms with Crippen LogP contribution in [0.1, 0.15) is 85.6 Å². The Hall–Kier alpha value is -3.34. The first-order valence-electron chi connectivity index (χ1n) is 13.5. The first kappa shape index (κ1) is 33.7. The second-order valence-corrected chi connectivity index (χ2v) is 9.41. The minimum Gasteiger partial charge on any atom is -0.462 e. The van der Waals surface area contributed by atoms with Crippen LogP contribution in [-0.2, 0) is 35.0 Å². The van der Waals surface area contributed by atoms with Crippen LogP contribution in [0.3, 0.4) is 0 Å². The lowest BCUT2D eigenvalue weighted by Gasteiger charge is -2.18. The Morgan fingerprint density at radius 1 is 0.769 bits per heavy atom. The van der Waals surface area contributed by atoms with Gasteiger partial charge in [0.25, 0.3) is 0 Å². The Bertz CT molecular complexity index is 935. The van der Waals surface area contributed by atoms with Crippen molar-refractivity contribution in [1.29, 1.82) is 0 Å². The van der Waals surface area contributed by atoms with E-state index in [1.165, 1.54) is 12.1 Å². The predicted octanol–water partition coefficient (Wildman–Crippen LogP) is 5.24. The van der Waals surface area contributed by atoms with Crippen molar-refractivity contribution in [3.63, 3.8) is 0 Å². The van der Waals surface area contributed by atoms with Gasteiger partial charge in [-0.3, -0.25) is 9.59 Å². The van der Waals surface area contributed by atoms with Crippen molar-refractivity contribution in [2.75, 3.05) is 6.61 Å². The van der Waals surface area contributed by atoms with E-state index in [2.05, 4.69) is 0 Å². The number of ether oxygens (including phenoxy) is 6. The van der Waals surface area contributed by atoms with E-state index in [1.807, 2.05) is 20.8 Å². The first-order valence-corrected chi connectivity index (χ1v) is 13.5. The number of rotatable bonds is 16. The fourth-order valence-corrected chi connectivity index (χ4v) is 3.47. The summed E-state index contributed by atoms with van der Waals surface area (Å²) in [5.74, 6) is -1.23. The van der Waals surface area contributed by atoms with Crippen LogP contribution in [0.5, 0.6) is 11.5 Å². The van der Waals surface area contributed by atoms with Crippen molar-refractivity contribution in [2.45, 2.75) is 111 Å². The number of esters is 2. The fourth-order valence-electron chi connectivity index (χ4n) is 3.47. The third kappa shape index (κ3) is 13.9.